The van der Waals surface area contributed by atoms with Crippen molar-refractivity contribution in [1.82, 2.24) is 4.98 Å². The van der Waals surface area contributed by atoms with Crippen LogP contribution in [0.5, 0.6) is 0 Å². The quantitative estimate of drug-likeness (QED) is 0.324. The van der Waals surface area contributed by atoms with E-state index in [1.807, 2.05) is 0 Å². The van der Waals surface area contributed by atoms with Gasteiger partial charge in [0.25, 0.3) is 5.69 Å². The molecule has 4 nitrogen and oxygen atoms in total. The Kier molecular flexibility index (Phi) is 4.16. The Labute approximate surface area is 128 Å². The molecule has 0 aliphatic heterocycles. The molecule has 0 unspecified atom stereocenters. The normalized spacial score (nSPS) is 10.5. The standard InChI is InChI=1S/C11H4Cl4N2O2/c12-8-1-5(2-9(13)10(8)14)7-3-6(17(18)19)4-16-11(7)15/h1-4H. The molecule has 2 rings (SSSR count). The van der Waals surface area contributed by atoms with E-state index in [4.69, 9.17) is 46.4 Å². The predicted octanol–water partition coefficient (Wildman–Crippen LogP) is 5.27. The summed E-state index contributed by atoms with van der Waals surface area (Å²) in [6.45, 7) is 0. The molecule has 0 radical (unpaired) electrons. The van der Waals surface area contributed by atoms with Crippen LogP contribution in [0.1, 0.15) is 0 Å². The fraction of sp³-hybridized carbons (Fsp3) is 0. The molecule has 1 heterocycles. The van der Waals surface area contributed by atoms with Crippen molar-refractivity contribution in [1.29, 1.82) is 0 Å². The van der Waals surface area contributed by atoms with Crippen molar-refractivity contribution >= 4 is 52.1 Å². The second-order valence-corrected chi connectivity index (χ2v) is 5.09. The third-order valence-corrected chi connectivity index (χ3v) is 3.83. The number of nitrogens with zero attached hydrogens (tertiary/aromatic N) is 2. The third-order valence-electron chi connectivity index (χ3n) is 2.33. The molecule has 0 aliphatic rings. The topological polar surface area (TPSA) is 56.0 Å². The van der Waals surface area contributed by atoms with Crippen molar-refractivity contribution in [2.45, 2.75) is 0 Å². The van der Waals surface area contributed by atoms with Gasteiger partial charge >= 0.3 is 0 Å². The summed E-state index contributed by atoms with van der Waals surface area (Å²) in [5.74, 6) is 0. The number of pyridine rings is 1. The first-order valence-corrected chi connectivity index (χ1v) is 6.36. The Hall–Kier alpha value is -1.07. The van der Waals surface area contributed by atoms with Gasteiger partial charge in [-0.1, -0.05) is 46.4 Å². The molecule has 0 amide bonds. The minimum atomic E-state index is -0.564. The molecule has 2 aromatic rings. The summed E-state index contributed by atoms with van der Waals surface area (Å²) in [6.07, 6.45) is 1.07. The van der Waals surface area contributed by atoms with Crippen LogP contribution in [0.25, 0.3) is 11.1 Å². The molecule has 8 heteroatoms. The Morgan fingerprint density at radius 1 is 1.05 bits per heavy atom. The van der Waals surface area contributed by atoms with E-state index in [1.54, 1.807) is 0 Å². The van der Waals surface area contributed by atoms with Crippen molar-refractivity contribution in [2.24, 2.45) is 0 Å². The lowest BCUT2D eigenvalue weighted by molar-refractivity contribution is -0.385. The Morgan fingerprint density at radius 3 is 2.16 bits per heavy atom. The highest BCUT2D eigenvalue weighted by Gasteiger charge is 2.15. The van der Waals surface area contributed by atoms with E-state index < -0.39 is 4.92 Å². The maximum absolute atomic E-state index is 10.7. The van der Waals surface area contributed by atoms with Crippen LogP contribution in [-0.2, 0) is 0 Å². The zero-order chi connectivity index (χ0) is 14.2. The average molecular weight is 338 g/mol. The predicted molar refractivity (Wildman–Crippen MR) is 76.4 cm³/mol. The van der Waals surface area contributed by atoms with Crippen molar-refractivity contribution in [3.8, 4) is 11.1 Å². The molecule has 0 fully saturated rings. The summed E-state index contributed by atoms with van der Waals surface area (Å²) in [6, 6.07) is 4.33. The smallest absolute Gasteiger partial charge is 0.258 e. The van der Waals surface area contributed by atoms with Gasteiger partial charge < -0.3 is 0 Å². The van der Waals surface area contributed by atoms with Gasteiger partial charge in [-0.25, -0.2) is 4.98 Å². The van der Waals surface area contributed by atoms with Crippen molar-refractivity contribution < 1.29 is 4.92 Å². The molecule has 0 bridgehead atoms. The molecule has 0 atom stereocenters. The fourth-order valence-corrected chi connectivity index (χ4v) is 2.26. The van der Waals surface area contributed by atoms with Crippen molar-refractivity contribution in [3.05, 3.63) is 54.7 Å². The van der Waals surface area contributed by atoms with Gasteiger partial charge in [-0.15, -0.1) is 0 Å². The number of hydrogen-bond donors (Lipinski definition) is 0. The van der Waals surface area contributed by atoms with Gasteiger partial charge in [0.15, 0.2) is 0 Å². The highest BCUT2D eigenvalue weighted by Crippen LogP contribution is 2.37. The third kappa shape index (κ3) is 2.92. The Balaban J connectivity index is 2.64. The number of rotatable bonds is 2. The van der Waals surface area contributed by atoms with E-state index >= 15 is 0 Å². The number of aromatic nitrogens is 1. The van der Waals surface area contributed by atoms with Gasteiger partial charge in [-0.3, -0.25) is 10.1 Å². The van der Waals surface area contributed by atoms with E-state index in [1.165, 1.54) is 18.2 Å². The van der Waals surface area contributed by atoms with E-state index in [0.29, 0.717) is 11.1 Å². The summed E-state index contributed by atoms with van der Waals surface area (Å²) >= 11 is 23.6. The molecule has 98 valence electrons. The first-order chi connectivity index (χ1) is 8.90. The number of nitro groups is 1. The second kappa shape index (κ2) is 5.51. The van der Waals surface area contributed by atoms with Crippen LogP contribution >= 0.6 is 46.4 Å². The van der Waals surface area contributed by atoms with Gasteiger partial charge in [-0.2, -0.15) is 0 Å². The monoisotopic (exact) mass is 336 g/mol. The first-order valence-electron chi connectivity index (χ1n) is 4.85. The van der Waals surface area contributed by atoms with Gasteiger partial charge in [0.2, 0.25) is 0 Å². The van der Waals surface area contributed by atoms with E-state index in [2.05, 4.69) is 4.98 Å². The Morgan fingerprint density at radius 2 is 1.63 bits per heavy atom. The van der Waals surface area contributed by atoms with Crippen molar-refractivity contribution in [3.63, 3.8) is 0 Å². The van der Waals surface area contributed by atoms with Gasteiger partial charge in [-0.05, 0) is 17.7 Å². The molecule has 0 saturated heterocycles. The van der Waals surface area contributed by atoms with E-state index in [0.717, 1.165) is 6.20 Å². The summed E-state index contributed by atoms with van der Waals surface area (Å²) < 4.78 is 0. The highest BCUT2D eigenvalue weighted by atomic mass is 35.5. The number of benzene rings is 1. The first kappa shape index (κ1) is 14.3. The lowest BCUT2D eigenvalue weighted by Gasteiger charge is -2.07. The summed E-state index contributed by atoms with van der Waals surface area (Å²) in [4.78, 5) is 13.9. The minimum Gasteiger partial charge on any atom is -0.258 e. The van der Waals surface area contributed by atoms with Gasteiger partial charge in [0, 0.05) is 11.6 Å². The summed E-state index contributed by atoms with van der Waals surface area (Å²) in [5, 5.41) is 11.5. The highest BCUT2D eigenvalue weighted by molar-refractivity contribution is 6.48. The van der Waals surface area contributed by atoms with Crippen LogP contribution in [0, 0.1) is 10.1 Å². The molecular weight excluding hydrogens is 334 g/mol. The number of hydrogen-bond acceptors (Lipinski definition) is 3. The molecule has 1 aromatic heterocycles. The van der Waals surface area contributed by atoms with Crippen LogP contribution in [0.3, 0.4) is 0 Å². The zero-order valence-electron chi connectivity index (χ0n) is 9.03. The largest absolute Gasteiger partial charge is 0.288 e. The molecule has 0 aliphatic carbocycles. The fourth-order valence-electron chi connectivity index (χ4n) is 1.45. The van der Waals surface area contributed by atoms with Gasteiger partial charge in [0.1, 0.15) is 11.3 Å². The molecule has 0 saturated carbocycles. The average Bonchev–Trinajstić information content (AvgIpc) is 2.35. The molecule has 0 N–H and O–H groups in total. The SMILES string of the molecule is O=[N+]([O-])c1cnc(Cl)c(-c2cc(Cl)c(Cl)c(Cl)c2)c1. The van der Waals surface area contributed by atoms with Crippen LogP contribution in [0.4, 0.5) is 5.69 Å². The lowest BCUT2D eigenvalue weighted by Crippen LogP contribution is -1.92. The van der Waals surface area contributed by atoms with Crippen molar-refractivity contribution in [2.75, 3.05) is 0 Å². The summed E-state index contributed by atoms with van der Waals surface area (Å²) in [5.41, 5.74) is 0.679. The molecular formula is C11H4Cl4N2O2. The van der Waals surface area contributed by atoms with E-state index in [-0.39, 0.29) is 25.9 Å². The van der Waals surface area contributed by atoms with Crippen LogP contribution in [0.2, 0.25) is 20.2 Å². The van der Waals surface area contributed by atoms with Crippen LogP contribution in [-0.4, -0.2) is 9.91 Å². The molecule has 1 aromatic carbocycles. The van der Waals surface area contributed by atoms with Gasteiger partial charge in [0.05, 0.1) is 20.0 Å². The molecule has 19 heavy (non-hydrogen) atoms. The summed E-state index contributed by atoms with van der Waals surface area (Å²) in [7, 11) is 0. The maximum atomic E-state index is 10.7. The lowest BCUT2D eigenvalue weighted by atomic mass is 10.1. The zero-order valence-corrected chi connectivity index (χ0v) is 12.1. The maximum Gasteiger partial charge on any atom is 0.288 e. The van der Waals surface area contributed by atoms with E-state index in [9.17, 15) is 10.1 Å². The van der Waals surface area contributed by atoms with Crippen LogP contribution < -0.4 is 0 Å². The number of halogens is 4. The minimum absolute atomic E-state index is 0.111. The molecule has 0 spiro atoms. The second-order valence-electron chi connectivity index (χ2n) is 3.54. The van der Waals surface area contributed by atoms with Crippen LogP contribution in [0.15, 0.2) is 24.4 Å². The Bertz CT molecular complexity index is 653.